The molecule has 2 fully saturated rings. The fourth-order valence-electron chi connectivity index (χ4n) is 2.56. The molecule has 0 radical (unpaired) electrons. The Morgan fingerprint density at radius 1 is 1.24 bits per heavy atom. The van der Waals surface area contributed by atoms with Gasteiger partial charge in [0.1, 0.15) is 0 Å². The fraction of sp³-hybridized carbons (Fsp3) is 0.938. The van der Waals surface area contributed by atoms with Crippen molar-refractivity contribution in [3.8, 4) is 0 Å². The van der Waals surface area contributed by atoms with E-state index >= 15 is 0 Å². The van der Waals surface area contributed by atoms with Gasteiger partial charge in [0.25, 0.3) is 0 Å². The number of hydrogen-bond donors (Lipinski definition) is 1. The van der Waals surface area contributed by atoms with Gasteiger partial charge in [-0.25, -0.2) is 0 Å². The van der Waals surface area contributed by atoms with Gasteiger partial charge in [0.15, 0.2) is 0 Å². The third kappa shape index (κ3) is 7.75. The summed E-state index contributed by atoms with van der Waals surface area (Å²) in [5, 5.41) is 3.66. The molecular weight excluding hydrogens is 304 g/mol. The van der Waals surface area contributed by atoms with Crippen LogP contribution in [0.25, 0.3) is 0 Å². The third-order valence-electron chi connectivity index (χ3n) is 4.30. The van der Waals surface area contributed by atoms with Crippen LogP contribution >= 0.6 is 24.2 Å². The van der Waals surface area contributed by atoms with E-state index < -0.39 is 0 Å². The summed E-state index contributed by atoms with van der Waals surface area (Å²) in [5.74, 6) is 3.83. The number of carbonyl (C=O) groups excluding carboxylic acids is 1. The summed E-state index contributed by atoms with van der Waals surface area (Å²) in [7, 11) is 0. The number of nitrogens with one attached hydrogen (secondary N) is 1. The molecule has 1 heterocycles. The first-order valence-electron chi connectivity index (χ1n) is 8.24. The molecule has 0 aromatic heterocycles. The van der Waals surface area contributed by atoms with Crippen molar-refractivity contribution in [1.29, 1.82) is 0 Å². The molecule has 0 unspecified atom stereocenters. The Hall–Kier alpha value is 0.0700. The highest BCUT2D eigenvalue weighted by Crippen LogP contribution is 2.28. The van der Waals surface area contributed by atoms with Crippen LogP contribution in [0, 0.1) is 11.8 Å². The van der Waals surface area contributed by atoms with E-state index in [1.54, 1.807) is 11.8 Å². The Morgan fingerprint density at radius 3 is 2.48 bits per heavy atom. The number of likely N-dealkylation sites (tertiary alicyclic amines) is 1. The average molecular weight is 335 g/mol. The molecule has 1 saturated carbocycles. The van der Waals surface area contributed by atoms with E-state index in [9.17, 15) is 4.79 Å². The van der Waals surface area contributed by atoms with Crippen LogP contribution in [-0.4, -0.2) is 48.0 Å². The molecule has 3 nitrogen and oxygen atoms in total. The number of carbonyl (C=O) groups is 1. The summed E-state index contributed by atoms with van der Waals surface area (Å²) in [5.41, 5.74) is 0. The maximum Gasteiger partial charge on any atom is 0.232 e. The number of amides is 1. The van der Waals surface area contributed by atoms with Crippen molar-refractivity contribution in [2.75, 3.05) is 31.1 Å². The lowest BCUT2D eigenvalue weighted by atomic mass is 10.0. The quantitative estimate of drug-likeness (QED) is 0.692. The van der Waals surface area contributed by atoms with Gasteiger partial charge < -0.3 is 10.2 Å². The van der Waals surface area contributed by atoms with Crippen molar-refractivity contribution in [3.63, 3.8) is 0 Å². The first kappa shape index (κ1) is 19.1. The van der Waals surface area contributed by atoms with E-state index in [0.29, 0.717) is 17.7 Å². The van der Waals surface area contributed by atoms with Gasteiger partial charge in [-0.2, -0.15) is 11.8 Å². The van der Waals surface area contributed by atoms with Crippen molar-refractivity contribution < 1.29 is 4.79 Å². The molecule has 1 amide bonds. The number of piperidine rings is 1. The van der Waals surface area contributed by atoms with Gasteiger partial charge in [-0.05, 0) is 56.2 Å². The maximum absolute atomic E-state index is 12.1. The predicted molar refractivity (Wildman–Crippen MR) is 94.4 cm³/mol. The predicted octanol–water partition coefficient (Wildman–Crippen LogP) is 3.18. The molecule has 0 aromatic rings. The van der Waals surface area contributed by atoms with Crippen molar-refractivity contribution in [1.82, 2.24) is 10.2 Å². The Bertz CT molecular complexity index is 303. The smallest absolute Gasteiger partial charge is 0.232 e. The zero-order valence-corrected chi connectivity index (χ0v) is 15.1. The largest absolute Gasteiger partial charge is 0.342 e. The lowest BCUT2D eigenvalue weighted by Crippen LogP contribution is -2.45. The second kappa shape index (κ2) is 9.96. The standard InChI is InChI=1S/C16H30N2OS.ClH/c1-13(2)7-10-20-12-16(19)18-8-5-15(6-9-18)17-11-14-3-4-14;/h13-15,17H,3-12H2,1-2H3;1H. The summed E-state index contributed by atoms with van der Waals surface area (Å²) in [6, 6.07) is 0.647. The molecule has 1 N–H and O–H groups in total. The zero-order chi connectivity index (χ0) is 14.4. The van der Waals surface area contributed by atoms with Crippen molar-refractivity contribution in [2.45, 2.75) is 52.0 Å². The van der Waals surface area contributed by atoms with Crippen LogP contribution in [0.4, 0.5) is 0 Å². The minimum atomic E-state index is 0. The highest BCUT2D eigenvalue weighted by atomic mass is 35.5. The molecule has 0 spiro atoms. The number of halogens is 1. The fourth-order valence-corrected chi connectivity index (χ4v) is 3.70. The van der Waals surface area contributed by atoms with Gasteiger partial charge in [0.05, 0.1) is 5.75 Å². The topological polar surface area (TPSA) is 32.3 Å². The van der Waals surface area contributed by atoms with Crippen LogP contribution in [0.15, 0.2) is 0 Å². The van der Waals surface area contributed by atoms with Crippen molar-refractivity contribution >= 4 is 30.1 Å². The molecule has 1 aliphatic heterocycles. The van der Waals surface area contributed by atoms with E-state index in [1.165, 1.54) is 25.8 Å². The van der Waals surface area contributed by atoms with Gasteiger partial charge in [-0.15, -0.1) is 12.4 Å². The van der Waals surface area contributed by atoms with Crippen LogP contribution in [0.1, 0.15) is 46.0 Å². The summed E-state index contributed by atoms with van der Waals surface area (Å²) in [4.78, 5) is 14.2. The Morgan fingerprint density at radius 2 is 1.90 bits per heavy atom. The number of hydrogen-bond acceptors (Lipinski definition) is 3. The average Bonchev–Trinajstić information content (AvgIpc) is 3.25. The van der Waals surface area contributed by atoms with E-state index in [2.05, 4.69) is 24.1 Å². The summed E-state index contributed by atoms with van der Waals surface area (Å²) >= 11 is 1.80. The first-order chi connectivity index (χ1) is 9.65. The normalized spacial score (nSPS) is 19.7. The molecular formula is C16H31ClN2OS. The number of nitrogens with zero attached hydrogens (tertiary/aromatic N) is 1. The first-order valence-corrected chi connectivity index (χ1v) is 9.39. The monoisotopic (exact) mass is 334 g/mol. The Balaban J connectivity index is 0.00000220. The van der Waals surface area contributed by atoms with Crippen LogP contribution in [-0.2, 0) is 4.79 Å². The molecule has 5 heteroatoms. The van der Waals surface area contributed by atoms with Gasteiger partial charge >= 0.3 is 0 Å². The summed E-state index contributed by atoms with van der Waals surface area (Å²) in [6.07, 6.45) is 6.31. The second-order valence-corrected chi connectivity index (χ2v) is 7.85. The SMILES string of the molecule is CC(C)CCSCC(=O)N1CCC(NCC2CC2)CC1.Cl. The van der Waals surface area contributed by atoms with Gasteiger partial charge in [-0.1, -0.05) is 13.8 Å². The lowest BCUT2D eigenvalue weighted by molar-refractivity contribution is -0.129. The molecule has 1 saturated heterocycles. The highest BCUT2D eigenvalue weighted by Gasteiger charge is 2.25. The van der Waals surface area contributed by atoms with Gasteiger partial charge in [0, 0.05) is 19.1 Å². The van der Waals surface area contributed by atoms with Gasteiger partial charge in [0.2, 0.25) is 5.91 Å². The number of rotatable bonds is 8. The van der Waals surface area contributed by atoms with Gasteiger partial charge in [-0.3, -0.25) is 4.79 Å². The van der Waals surface area contributed by atoms with E-state index in [4.69, 9.17) is 0 Å². The third-order valence-corrected chi connectivity index (χ3v) is 5.28. The molecule has 21 heavy (non-hydrogen) atoms. The molecule has 2 aliphatic rings. The zero-order valence-electron chi connectivity index (χ0n) is 13.5. The molecule has 0 aromatic carbocycles. The summed E-state index contributed by atoms with van der Waals surface area (Å²) < 4.78 is 0. The summed E-state index contributed by atoms with van der Waals surface area (Å²) in [6.45, 7) is 7.57. The van der Waals surface area contributed by atoms with Crippen LogP contribution < -0.4 is 5.32 Å². The Kier molecular flexibility index (Phi) is 9.07. The van der Waals surface area contributed by atoms with E-state index in [-0.39, 0.29) is 12.4 Å². The molecule has 0 bridgehead atoms. The molecule has 1 aliphatic carbocycles. The second-order valence-electron chi connectivity index (χ2n) is 6.74. The van der Waals surface area contributed by atoms with Crippen molar-refractivity contribution in [3.05, 3.63) is 0 Å². The minimum absolute atomic E-state index is 0. The maximum atomic E-state index is 12.1. The van der Waals surface area contributed by atoms with E-state index in [0.717, 1.165) is 43.5 Å². The van der Waals surface area contributed by atoms with E-state index in [1.807, 2.05) is 0 Å². The Labute approximate surface area is 140 Å². The van der Waals surface area contributed by atoms with Crippen LogP contribution in [0.2, 0.25) is 0 Å². The molecule has 2 rings (SSSR count). The highest BCUT2D eigenvalue weighted by molar-refractivity contribution is 7.99. The van der Waals surface area contributed by atoms with Crippen LogP contribution in [0.5, 0.6) is 0 Å². The lowest BCUT2D eigenvalue weighted by Gasteiger charge is -2.32. The van der Waals surface area contributed by atoms with Crippen molar-refractivity contribution in [2.24, 2.45) is 11.8 Å². The number of thioether (sulfide) groups is 1. The van der Waals surface area contributed by atoms with Crippen LogP contribution in [0.3, 0.4) is 0 Å². The minimum Gasteiger partial charge on any atom is -0.342 e. The molecule has 0 atom stereocenters. The molecule has 124 valence electrons.